The lowest BCUT2D eigenvalue weighted by molar-refractivity contribution is 0.265. The highest BCUT2D eigenvalue weighted by Crippen LogP contribution is 2.29. The second-order valence-electron chi connectivity index (χ2n) is 5.29. The molecule has 1 aliphatic rings. The molecule has 0 bridgehead atoms. The summed E-state index contributed by atoms with van der Waals surface area (Å²) in [5.41, 5.74) is 1.89. The van der Waals surface area contributed by atoms with E-state index in [2.05, 4.69) is 47.5 Å². The quantitative estimate of drug-likeness (QED) is 0.833. The fraction of sp³-hybridized carbons (Fsp3) is 0.571. The average molecular weight is 218 g/mol. The van der Waals surface area contributed by atoms with Gasteiger partial charge in [0.25, 0.3) is 0 Å². The molecule has 1 aromatic rings. The first-order valence-corrected chi connectivity index (χ1v) is 6.13. The van der Waals surface area contributed by atoms with Crippen LogP contribution in [0.1, 0.15) is 18.9 Å². The lowest BCUT2D eigenvalue weighted by atomic mass is 9.90. The maximum absolute atomic E-state index is 3.31. The van der Waals surface area contributed by atoms with Gasteiger partial charge >= 0.3 is 0 Å². The Labute approximate surface area is 98.7 Å². The third kappa shape index (κ3) is 2.83. The highest BCUT2D eigenvalue weighted by Gasteiger charge is 2.32. The van der Waals surface area contributed by atoms with Gasteiger partial charge in [0, 0.05) is 19.6 Å². The van der Waals surface area contributed by atoms with Crippen molar-refractivity contribution in [3.63, 3.8) is 0 Å². The van der Waals surface area contributed by atoms with Crippen LogP contribution in [-0.2, 0) is 6.54 Å². The van der Waals surface area contributed by atoms with Crippen LogP contribution in [0.4, 0.5) is 0 Å². The molecule has 1 unspecified atom stereocenters. The van der Waals surface area contributed by atoms with Crippen molar-refractivity contribution >= 4 is 0 Å². The van der Waals surface area contributed by atoms with Crippen molar-refractivity contribution in [3.05, 3.63) is 35.9 Å². The van der Waals surface area contributed by atoms with Crippen molar-refractivity contribution in [2.45, 2.75) is 19.9 Å². The Kier molecular flexibility index (Phi) is 3.62. The lowest BCUT2D eigenvalue weighted by Gasteiger charge is -2.24. The van der Waals surface area contributed by atoms with E-state index >= 15 is 0 Å². The zero-order chi connectivity index (χ0) is 11.4. The van der Waals surface area contributed by atoms with Gasteiger partial charge in [-0.05, 0) is 31.0 Å². The standard InChI is InChI=1S/C14H22N2/c1-14(11-15-2)8-9-16(12-14)10-13-6-4-3-5-7-13/h3-7,15H,8-12H2,1-2H3. The number of nitrogens with zero attached hydrogens (tertiary/aromatic N) is 1. The average Bonchev–Trinajstić information content (AvgIpc) is 2.62. The predicted octanol–water partition coefficient (Wildman–Crippen LogP) is 2.12. The first-order chi connectivity index (χ1) is 7.72. The summed E-state index contributed by atoms with van der Waals surface area (Å²) < 4.78 is 0. The lowest BCUT2D eigenvalue weighted by Crippen LogP contribution is -2.32. The molecule has 16 heavy (non-hydrogen) atoms. The molecule has 1 N–H and O–H groups in total. The van der Waals surface area contributed by atoms with Gasteiger partial charge in [-0.2, -0.15) is 0 Å². The maximum Gasteiger partial charge on any atom is 0.0233 e. The van der Waals surface area contributed by atoms with Crippen LogP contribution in [0.15, 0.2) is 30.3 Å². The van der Waals surface area contributed by atoms with Gasteiger partial charge in [-0.3, -0.25) is 4.90 Å². The van der Waals surface area contributed by atoms with Crippen molar-refractivity contribution < 1.29 is 0 Å². The molecule has 1 fully saturated rings. The third-order valence-corrected chi connectivity index (χ3v) is 3.49. The highest BCUT2D eigenvalue weighted by molar-refractivity contribution is 5.14. The number of nitrogens with one attached hydrogen (secondary N) is 1. The summed E-state index contributed by atoms with van der Waals surface area (Å²) in [5, 5.41) is 3.31. The van der Waals surface area contributed by atoms with Gasteiger partial charge in [0.2, 0.25) is 0 Å². The third-order valence-electron chi connectivity index (χ3n) is 3.49. The van der Waals surface area contributed by atoms with Crippen LogP contribution in [0.5, 0.6) is 0 Å². The van der Waals surface area contributed by atoms with Crippen LogP contribution in [0.2, 0.25) is 0 Å². The first-order valence-electron chi connectivity index (χ1n) is 6.13. The van der Waals surface area contributed by atoms with Gasteiger partial charge in [-0.25, -0.2) is 0 Å². The summed E-state index contributed by atoms with van der Waals surface area (Å²) in [6.07, 6.45) is 1.31. The molecule has 0 aliphatic carbocycles. The van der Waals surface area contributed by atoms with E-state index < -0.39 is 0 Å². The molecule has 2 rings (SSSR count). The molecule has 88 valence electrons. The molecule has 2 heteroatoms. The maximum atomic E-state index is 3.31. The molecule has 0 radical (unpaired) electrons. The largest absolute Gasteiger partial charge is 0.319 e. The van der Waals surface area contributed by atoms with Crippen molar-refractivity contribution in [1.29, 1.82) is 0 Å². The number of hydrogen-bond acceptors (Lipinski definition) is 2. The van der Waals surface area contributed by atoms with Crippen LogP contribution in [0.25, 0.3) is 0 Å². The van der Waals surface area contributed by atoms with Gasteiger partial charge < -0.3 is 5.32 Å². The minimum atomic E-state index is 0.462. The first kappa shape index (κ1) is 11.6. The summed E-state index contributed by atoms with van der Waals surface area (Å²) >= 11 is 0. The molecule has 1 aliphatic heterocycles. The Bertz CT molecular complexity index is 323. The van der Waals surface area contributed by atoms with Crippen molar-refractivity contribution in [1.82, 2.24) is 10.2 Å². The Morgan fingerprint density at radius 2 is 2.06 bits per heavy atom. The van der Waals surface area contributed by atoms with Crippen LogP contribution in [-0.4, -0.2) is 31.6 Å². The van der Waals surface area contributed by atoms with Gasteiger partial charge in [0.1, 0.15) is 0 Å². The molecule has 0 aromatic heterocycles. The molecule has 0 amide bonds. The summed E-state index contributed by atoms with van der Waals surface area (Å²) in [6, 6.07) is 10.8. The van der Waals surface area contributed by atoms with Crippen LogP contribution in [0.3, 0.4) is 0 Å². The minimum Gasteiger partial charge on any atom is -0.319 e. The van der Waals surface area contributed by atoms with E-state index in [1.165, 1.54) is 25.1 Å². The van der Waals surface area contributed by atoms with Gasteiger partial charge in [-0.15, -0.1) is 0 Å². The van der Waals surface area contributed by atoms with E-state index in [4.69, 9.17) is 0 Å². The van der Waals surface area contributed by atoms with Crippen molar-refractivity contribution in [2.75, 3.05) is 26.7 Å². The van der Waals surface area contributed by atoms with Crippen LogP contribution < -0.4 is 5.32 Å². The SMILES string of the molecule is CNCC1(C)CCN(Cc2ccccc2)C1. The normalized spacial score (nSPS) is 26.1. The number of likely N-dealkylation sites (tertiary alicyclic amines) is 1. The summed E-state index contributed by atoms with van der Waals surface area (Å²) in [7, 11) is 2.05. The number of hydrogen-bond donors (Lipinski definition) is 1. The van der Waals surface area contributed by atoms with Crippen molar-refractivity contribution in [3.8, 4) is 0 Å². The molecule has 0 spiro atoms. The van der Waals surface area contributed by atoms with Crippen molar-refractivity contribution in [2.24, 2.45) is 5.41 Å². The highest BCUT2D eigenvalue weighted by atomic mass is 15.2. The van der Waals surface area contributed by atoms with Gasteiger partial charge in [0.05, 0.1) is 0 Å². The smallest absolute Gasteiger partial charge is 0.0233 e. The molecule has 1 saturated heterocycles. The van der Waals surface area contributed by atoms with Crippen LogP contribution in [0, 0.1) is 5.41 Å². The molecule has 1 atom stereocenters. The fourth-order valence-corrected chi connectivity index (χ4v) is 2.67. The zero-order valence-corrected chi connectivity index (χ0v) is 10.4. The van der Waals surface area contributed by atoms with E-state index in [1.54, 1.807) is 0 Å². The Hall–Kier alpha value is -0.860. The molecular formula is C14H22N2. The Morgan fingerprint density at radius 1 is 1.31 bits per heavy atom. The number of rotatable bonds is 4. The summed E-state index contributed by atoms with van der Waals surface area (Å²) in [5.74, 6) is 0. The minimum absolute atomic E-state index is 0.462. The van der Waals surface area contributed by atoms with E-state index in [1.807, 2.05) is 7.05 Å². The summed E-state index contributed by atoms with van der Waals surface area (Å²) in [4.78, 5) is 2.56. The Balaban J connectivity index is 1.90. The summed E-state index contributed by atoms with van der Waals surface area (Å²) in [6.45, 7) is 7.04. The van der Waals surface area contributed by atoms with Gasteiger partial charge in [0.15, 0.2) is 0 Å². The molecule has 1 aromatic carbocycles. The molecule has 2 nitrogen and oxygen atoms in total. The molecule has 1 heterocycles. The predicted molar refractivity (Wildman–Crippen MR) is 68.4 cm³/mol. The Morgan fingerprint density at radius 3 is 2.75 bits per heavy atom. The van der Waals surface area contributed by atoms with E-state index in [-0.39, 0.29) is 0 Å². The second-order valence-corrected chi connectivity index (χ2v) is 5.29. The van der Waals surface area contributed by atoms with Gasteiger partial charge in [-0.1, -0.05) is 37.3 Å². The topological polar surface area (TPSA) is 15.3 Å². The molecule has 0 saturated carbocycles. The van der Waals surface area contributed by atoms with Crippen LogP contribution >= 0.6 is 0 Å². The monoisotopic (exact) mass is 218 g/mol. The molecular weight excluding hydrogens is 196 g/mol. The second kappa shape index (κ2) is 4.98. The number of benzene rings is 1. The fourth-order valence-electron chi connectivity index (χ4n) is 2.67. The zero-order valence-electron chi connectivity index (χ0n) is 10.4. The van der Waals surface area contributed by atoms with E-state index in [0.717, 1.165) is 13.1 Å². The van der Waals surface area contributed by atoms with E-state index in [0.29, 0.717) is 5.41 Å². The van der Waals surface area contributed by atoms with E-state index in [9.17, 15) is 0 Å².